The van der Waals surface area contributed by atoms with E-state index in [9.17, 15) is 9.59 Å². The fraction of sp³-hybridized carbons (Fsp3) is 0.393. The Morgan fingerprint density at radius 1 is 1.26 bits per heavy atom. The maximum atomic E-state index is 12.6. The number of allylic oxidation sites excluding steroid dienone is 6. The van der Waals surface area contributed by atoms with Gasteiger partial charge in [-0.25, -0.2) is 4.79 Å². The van der Waals surface area contributed by atoms with Gasteiger partial charge in [0.2, 0.25) is 0 Å². The Labute approximate surface area is 208 Å². The highest BCUT2D eigenvalue weighted by atomic mass is 19.0. The van der Waals surface area contributed by atoms with Crippen molar-refractivity contribution < 1.29 is 24.1 Å². The lowest BCUT2D eigenvalue weighted by Crippen LogP contribution is -2.16. The maximum absolute atomic E-state index is 12.6. The number of ether oxygens (including phenoxy) is 1. The van der Waals surface area contributed by atoms with Gasteiger partial charge in [0.15, 0.2) is 6.61 Å². The number of carboxylic acids is 1. The number of carbonyl (C=O) groups is 2. The molecule has 1 aliphatic rings. The highest BCUT2D eigenvalue weighted by Crippen LogP contribution is 2.23. The van der Waals surface area contributed by atoms with E-state index in [4.69, 9.17) is 15.6 Å². The molecule has 0 radical (unpaired) electrons. The second-order valence-corrected chi connectivity index (χ2v) is 8.32. The Kier molecular flexibility index (Phi) is 17.2. The summed E-state index contributed by atoms with van der Waals surface area (Å²) in [5, 5.41) is 8.49. The van der Waals surface area contributed by atoms with Crippen molar-refractivity contribution in [2.75, 3.05) is 13.2 Å². The van der Waals surface area contributed by atoms with E-state index in [0.29, 0.717) is 25.0 Å². The Bertz CT molecular complexity index is 872. The van der Waals surface area contributed by atoms with Crippen LogP contribution in [0.3, 0.4) is 0 Å². The van der Waals surface area contributed by atoms with Crippen LogP contribution in [0.15, 0.2) is 85.5 Å². The largest absolute Gasteiger partial charge is 0.490 e. The molecule has 6 nitrogen and oxygen atoms in total. The highest BCUT2D eigenvalue weighted by Gasteiger charge is 2.17. The molecule has 1 unspecified atom stereocenters. The van der Waals surface area contributed by atoms with Gasteiger partial charge >= 0.3 is 5.97 Å². The van der Waals surface area contributed by atoms with Crippen LogP contribution in [-0.4, -0.2) is 35.0 Å². The van der Waals surface area contributed by atoms with Gasteiger partial charge < -0.3 is 15.6 Å². The zero-order valence-electron chi connectivity index (χ0n) is 20.6. The van der Waals surface area contributed by atoms with Gasteiger partial charge in [0.05, 0.1) is 6.26 Å². The monoisotopic (exact) mass is 486 g/mol. The molecule has 0 aromatic carbocycles. The van der Waals surface area contributed by atoms with Gasteiger partial charge in [-0.1, -0.05) is 63.5 Å². The Balaban J connectivity index is 0.00000143. The molecule has 1 saturated carbocycles. The SMILES string of the molecule is C=CC(C/C(=C/CN)C(=C)/C=C\C=C\OCC(=O)O)C(=O)Cc1ccncc1.CC1CCCC1.F. The summed E-state index contributed by atoms with van der Waals surface area (Å²) in [4.78, 5) is 26.9. The number of carboxylic acid groups (broad SMARTS) is 1. The molecule has 0 spiro atoms. The molecule has 0 amide bonds. The molecule has 1 heterocycles. The molecule has 3 N–H and O–H groups in total. The summed E-state index contributed by atoms with van der Waals surface area (Å²) in [5.41, 5.74) is 8.12. The molecule has 192 valence electrons. The summed E-state index contributed by atoms with van der Waals surface area (Å²) in [7, 11) is 0. The van der Waals surface area contributed by atoms with E-state index in [-0.39, 0.29) is 16.4 Å². The van der Waals surface area contributed by atoms with Crippen LogP contribution in [0.4, 0.5) is 4.70 Å². The predicted octanol–water partition coefficient (Wildman–Crippen LogP) is 5.35. The van der Waals surface area contributed by atoms with Crippen molar-refractivity contribution in [1.29, 1.82) is 0 Å². The lowest BCUT2D eigenvalue weighted by atomic mass is 9.89. The average molecular weight is 487 g/mol. The van der Waals surface area contributed by atoms with Crippen LogP contribution in [0, 0.1) is 11.8 Å². The van der Waals surface area contributed by atoms with Crippen LogP contribution in [0.25, 0.3) is 0 Å². The summed E-state index contributed by atoms with van der Waals surface area (Å²) >= 11 is 0. The molecule has 0 saturated heterocycles. The van der Waals surface area contributed by atoms with Gasteiger partial charge in [-0.15, -0.1) is 6.58 Å². The fourth-order valence-electron chi connectivity index (χ4n) is 3.52. The summed E-state index contributed by atoms with van der Waals surface area (Å²) in [5.74, 6) is -0.295. The van der Waals surface area contributed by atoms with Gasteiger partial charge in [0.1, 0.15) is 5.78 Å². The van der Waals surface area contributed by atoms with Gasteiger partial charge in [0.25, 0.3) is 0 Å². The minimum Gasteiger partial charge on any atom is -0.490 e. The highest BCUT2D eigenvalue weighted by molar-refractivity contribution is 5.85. The van der Waals surface area contributed by atoms with Gasteiger partial charge in [-0.2, -0.15) is 0 Å². The average Bonchev–Trinajstić information content (AvgIpc) is 3.30. The Morgan fingerprint density at radius 3 is 2.43 bits per heavy atom. The Morgan fingerprint density at radius 2 is 1.91 bits per heavy atom. The minimum atomic E-state index is -1.04. The molecule has 0 bridgehead atoms. The number of nitrogens with zero attached hydrogens (tertiary/aromatic N) is 1. The third-order valence-electron chi connectivity index (χ3n) is 5.48. The molecule has 1 aromatic heterocycles. The normalized spacial score (nSPS) is 14.6. The standard InChI is InChI=1S/C22H26N2O4.C6H12.FH/c1-3-19(21(25)14-18-8-11-24-12-9-18)15-20(7-10-23)17(2)6-4-5-13-28-16-22(26)27;1-6-4-2-3-5-6;/h3-9,11-13,19H,1-2,10,14-16,23H2,(H,26,27);6H,2-5H2,1H3;1H/b6-4-,13-5+,20-7-;;. The van der Waals surface area contributed by atoms with E-state index in [1.165, 1.54) is 31.9 Å². The molecule has 1 fully saturated rings. The van der Waals surface area contributed by atoms with Crippen LogP contribution >= 0.6 is 0 Å². The van der Waals surface area contributed by atoms with Crippen molar-refractivity contribution in [3.8, 4) is 0 Å². The van der Waals surface area contributed by atoms with Crippen LogP contribution in [0.2, 0.25) is 0 Å². The van der Waals surface area contributed by atoms with Crippen LogP contribution < -0.4 is 5.73 Å². The minimum absolute atomic E-state index is 0. The number of carbonyl (C=O) groups excluding carboxylic acids is 1. The predicted molar refractivity (Wildman–Crippen MR) is 140 cm³/mol. The molecular formula is C28H39FN2O4. The second-order valence-electron chi connectivity index (χ2n) is 8.32. The first kappa shape index (κ1) is 31.7. The number of aromatic nitrogens is 1. The third-order valence-corrected chi connectivity index (χ3v) is 5.48. The first-order valence-corrected chi connectivity index (χ1v) is 11.7. The number of pyridine rings is 1. The van der Waals surface area contributed by atoms with Crippen molar-refractivity contribution in [2.24, 2.45) is 17.6 Å². The van der Waals surface area contributed by atoms with Crippen molar-refractivity contribution in [1.82, 2.24) is 4.98 Å². The maximum Gasteiger partial charge on any atom is 0.341 e. The second kappa shape index (κ2) is 19.0. The van der Waals surface area contributed by atoms with E-state index in [2.05, 4.69) is 25.1 Å². The molecule has 7 heteroatoms. The van der Waals surface area contributed by atoms with E-state index in [1.54, 1.807) is 36.7 Å². The first-order valence-electron chi connectivity index (χ1n) is 11.7. The Hall–Kier alpha value is -3.32. The number of Topliss-reactive ketones (excluding diaryl/α,β-unsaturated/α-hetero) is 1. The van der Waals surface area contributed by atoms with Crippen LogP contribution in [-0.2, 0) is 20.7 Å². The number of nitrogens with two attached hydrogens (primary N) is 1. The molecule has 1 aromatic rings. The number of rotatable bonds is 13. The fourth-order valence-corrected chi connectivity index (χ4v) is 3.52. The van der Waals surface area contributed by atoms with E-state index in [1.807, 2.05) is 18.2 Å². The van der Waals surface area contributed by atoms with Crippen molar-refractivity contribution in [3.05, 3.63) is 91.0 Å². The number of ketones is 1. The summed E-state index contributed by atoms with van der Waals surface area (Å²) in [6.07, 6.45) is 19.8. The van der Waals surface area contributed by atoms with E-state index in [0.717, 1.165) is 17.1 Å². The molecular weight excluding hydrogens is 447 g/mol. The van der Waals surface area contributed by atoms with Crippen molar-refractivity contribution >= 4 is 11.8 Å². The zero-order chi connectivity index (χ0) is 25.2. The number of aliphatic carboxylic acids is 1. The van der Waals surface area contributed by atoms with Crippen molar-refractivity contribution in [2.45, 2.75) is 45.4 Å². The lowest BCUT2D eigenvalue weighted by molar-refractivity contribution is -0.140. The molecule has 0 aliphatic heterocycles. The number of hydrogen-bond donors (Lipinski definition) is 2. The van der Waals surface area contributed by atoms with E-state index < -0.39 is 12.6 Å². The smallest absolute Gasteiger partial charge is 0.341 e. The zero-order valence-corrected chi connectivity index (χ0v) is 20.6. The molecule has 2 rings (SSSR count). The molecule has 1 atom stereocenters. The first-order chi connectivity index (χ1) is 16.4. The summed E-state index contributed by atoms with van der Waals surface area (Å²) in [6.45, 7) is 10.1. The van der Waals surface area contributed by atoms with Crippen LogP contribution in [0.1, 0.15) is 44.6 Å². The quantitative estimate of drug-likeness (QED) is 0.221. The van der Waals surface area contributed by atoms with Gasteiger partial charge in [-0.3, -0.25) is 14.5 Å². The van der Waals surface area contributed by atoms with Crippen molar-refractivity contribution in [3.63, 3.8) is 0 Å². The third kappa shape index (κ3) is 14.5. The number of halogens is 1. The van der Waals surface area contributed by atoms with Gasteiger partial charge in [-0.05, 0) is 47.3 Å². The van der Waals surface area contributed by atoms with Crippen LogP contribution in [0.5, 0.6) is 0 Å². The van der Waals surface area contributed by atoms with Gasteiger partial charge in [0, 0.05) is 31.3 Å². The lowest BCUT2D eigenvalue weighted by Gasteiger charge is -2.15. The summed E-state index contributed by atoms with van der Waals surface area (Å²) in [6, 6.07) is 3.63. The number of hydrogen-bond acceptors (Lipinski definition) is 5. The molecule has 35 heavy (non-hydrogen) atoms. The van der Waals surface area contributed by atoms with E-state index >= 15 is 0 Å². The molecule has 1 aliphatic carbocycles. The topological polar surface area (TPSA) is 103 Å². The summed E-state index contributed by atoms with van der Waals surface area (Å²) < 4.78 is 4.80.